The first-order chi connectivity index (χ1) is 15.6. The SMILES string of the molecule is CCCCCCc1ccc(O)cc1O.CCc1ccc(OCC2CO2)cc1OCC1CO1. The van der Waals surface area contributed by atoms with Crippen LogP contribution in [0.25, 0.3) is 0 Å². The highest BCUT2D eigenvalue weighted by Crippen LogP contribution is 2.27. The van der Waals surface area contributed by atoms with Crippen LogP contribution in [0.4, 0.5) is 0 Å². The number of ether oxygens (including phenoxy) is 4. The topological polar surface area (TPSA) is 84.0 Å². The summed E-state index contributed by atoms with van der Waals surface area (Å²) < 4.78 is 21.7. The minimum Gasteiger partial charge on any atom is -0.508 e. The van der Waals surface area contributed by atoms with Crippen molar-refractivity contribution in [2.45, 2.75) is 64.6 Å². The number of hydrogen-bond acceptors (Lipinski definition) is 6. The normalized spacial score (nSPS) is 18.4. The zero-order valence-corrected chi connectivity index (χ0v) is 19.2. The highest BCUT2D eigenvalue weighted by molar-refractivity contribution is 5.41. The Balaban J connectivity index is 0.000000188. The summed E-state index contributed by atoms with van der Waals surface area (Å²) in [5.74, 6) is 2.08. The standard InChI is InChI=1S/C14H18O4.C12H18O2/c1-2-10-3-4-11(15-6-12-7-16-12)5-14(10)18-9-13-8-17-13;1-2-3-4-5-6-10-7-8-11(13)9-12(10)14/h3-5,12-13H,2,6-9H2,1H3;7-9,13-14H,2-6H2,1H3. The first-order valence-electron chi connectivity index (χ1n) is 11.7. The second kappa shape index (κ2) is 12.6. The molecule has 2 aliphatic rings. The summed E-state index contributed by atoms with van der Waals surface area (Å²) in [7, 11) is 0. The summed E-state index contributed by atoms with van der Waals surface area (Å²) in [5.41, 5.74) is 2.13. The van der Waals surface area contributed by atoms with Crippen molar-refractivity contribution in [1.82, 2.24) is 0 Å². The molecule has 0 radical (unpaired) electrons. The molecule has 0 saturated carbocycles. The van der Waals surface area contributed by atoms with E-state index in [4.69, 9.17) is 24.1 Å². The molecule has 4 rings (SSSR count). The van der Waals surface area contributed by atoms with Crippen LogP contribution in [0.5, 0.6) is 23.0 Å². The van der Waals surface area contributed by atoms with Gasteiger partial charge < -0.3 is 29.2 Å². The van der Waals surface area contributed by atoms with E-state index in [1.54, 1.807) is 12.1 Å². The lowest BCUT2D eigenvalue weighted by atomic mass is 10.1. The minimum absolute atomic E-state index is 0.125. The molecule has 6 heteroatoms. The Kier molecular flexibility index (Phi) is 9.50. The minimum atomic E-state index is 0.125. The average Bonchev–Trinajstić information content (AvgIpc) is 3.70. The van der Waals surface area contributed by atoms with Gasteiger partial charge in [0.05, 0.1) is 13.2 Å². The fourth-order valence-electron chi connectivity index (χ4n) is 3.26. The van der Waals surface area contributed by atoms with Gasteiger partial charge in [0.1, 0.15) is 48.4 Å². The first kappa shape index (κ1) is 24.2. The van der Waals surface area contributed by atoms with Gasteiger partial charge in [-0.1, -0.05) is 45.2 Å². The summed E-state index contributed by atoms with van der Waals surface area (Å²) in [6.45, 7) is 7.18. The predicted molar refractivity (Wildman–Crippen MR) is 124 cm³/mol. The zero-order valence-electron chi connectivity index (χ0n) is 19.2. The van der Waals surface area contributed by atoms with Crippen molar-refractivity contribution in [1.29, 1.82) is 0 Å². The van der Waals surface area contributed by atoms with Crippen LogP contribution in [0.2, 0.25) is 0 Å². The van der Waals surface area contributed by atoms with E-state index < -0.39 is 0 Å². The van der Waals surface area contributed by atoms with E-state index in [1.807, 2.05) is 12.1 Å². The molecule has 2 saturated heterocycles. The van der Waals surface area contributed by atoms with Gasteiger partial charge in [-0.05, 0) is 42.5 Å². The van der Waals surface area contributed by atoms with Gasteiger partial charge >= 0.3 is 0 Å². The molecule has 6 nitrogen and oxygen atoms in total. The van der Waals surface area contributed by atoms with E-state index in [0.29, 0.717) is 13.2 Å². The molecule has 2 N–H and O–H groups in total. The summed E-state index contributed by atoms with van der Waals surface area (Å²) in [6, 6.07) is 10.8. The molecule has 2 atom stereocenters. The van der Waals surface area contributed by atoms with Crippen LogP contribution >= 0.6 is 0 Å². The maximum Gasteiger partial charge on any atom is 0.126 e. The molecule has 0 aromatic heterocycles. The maximum atomic E-state index is 9.49. The van der Waals surface area contributed by atoms with Crippen LogP contribution in [-0.4, -0.2) is 48.8 Å². The van der Waals surface area contributed by atoms with Crippen LogP contribution in [0, 0.1) is 0 Å². The van der Waals surface area contributed by atoms with Gasteiger partial charge in [-0.3, -0.25) is 0 Å². The number of aromatic hydroxyl groups is 2. The fourth-order valence-corrected chi connectivity index (χ4v) is 3.26. The van der Waals surface area contributed by atoms with Gasteiger partial charge in [-0.15, -0.1) is 0 Å². The molecule has 2 aliphatic heterocycles. The number of rotatable bonds is 12. The van der Waals surface area contributed by atoms with Crippen molar-refractivity contribution in [2.24, 2.45) is 0 Å². The molecule has 2 fully saturated rings. The highest BCUT2D eigenvalue weighted by atomic mass is 16.6. The first-order valence-corrected chi connectivity index (χ1v) is 11.7. The Labute approximate surface area is 191 Å². The van der Waals surface area contributed by atoms with Crippen molar-refractivity contribution < 1.29 is 29.2 Å². The summed E-state index contributed by atoms with van der Waals surface area (Å²) in [4.78, 5) is 0. The van der Waals surface area contributed by atoms with Gasteiger partial charge in [0, 0.05) is 12.1 Å². The smallest absolute Gasteiger partial charge is 0.126 e. The van der Waals surface area contributed by atoms with Crippen LogP contribution in [0.3, 0.4) is 0 Å². The molecular weight excluding hydrogens is 408 g/mol. The summed E-state index contributed by atoms with van der Waals surface area (Å²) in [5, 5.41) is 18.6. The lowest BCUT2D eigenvalue weighted by Gasteiger charge is -2.12. The van der Waals surface area contributed by atoms with Gasteiger partial charge in [0.15, 0.2) is 0 Å². The molecule has 2 aromatic rings. The Morgan fingerprint density at radius 3 is 2.16 bits per heavy atom. The summed E-state index contributed by atoms with van der Waals surface area (Å²) >= 11 is 0. The van der Waals surface area contributed by atoms with Crippen molar-refractivity contribution in [3.8, 4) is 23.0 Å². The highest BCUT2D eigenvalue weighted by Gasteiger charge is 2.24. The number of aryl methyl sites for hydroxylation is 2. The van der Waals surface area contributed by atoms with Crippen molar-refractivity contribution in [3.05, 3.63) is 47.5 Å². The predicted octanol–water partition coefficient (Wildman–Crippen LogP) is 5.02. The quantitative estimate of drug-likeness (QED) is 0.353. The number of hydrogen-bond donors (Lipinski definition) is 2. The Morgan fingerprint density at radius 1 is 0.844 bits per heavy atom. The van der Waals surface area contributed by atoms with E-state index in [9.17, 15) is 5.11 Å². The summed E-state index contributed by atoms with van der Waals surface area (Å²) in [6.07, 6.45) is 7.18. The average molecular weight is 445 g/mol. The zero-order chi connectivity index (χ0) is 22.8. The van der Waals surface area contributed by atoms with Gasteiger partial charge in [0.2, 0.25) is 0 Å². The third-order valence-corrected chi connectivity index (χ3v) is 5.45. The van der Waals surface area contributed by atoms with E-state index in [1.165, 1.54) is 30.9 Å². The lowest BCUT2D eigenvalue weighted by Crippen LogP contribution is -2.07. The number of unbranched alkanes of at least 4 members (excludes halogenated alkanes) is 3. The molecule has 2 aromatic carbocycles. The van der Waals surface area contributed by atoms with Crippen LogP contribution in [0.15, 0.2) is 36.4 Å². The van der Waals surface area contributed by atoms with Crippen LogP contribution in [0.1, 0.15) is 50.7 Å². The molecular formula is C26H36O6. The number of phenols is 2. The van der Waals surface area contributed by atoms with Crippen LogP contribution < -0.4 is 9.47 Å². The molecule has 176 valence electrons. The Hall–Kier alpha value is -2.44. The van der Waals surface area contributed by atoms with E-state index >= 15 is 0 Å². The van der Waals surface area contributed by atoms with Gasteiger partial charge in [-0.2, -0.15) is 0 Å². The maximum absolute atomic E-state index is 9.49. The van der Waals surface area contributed by atoms with Gasteiger partial charge in [-0.25, -0.2) is 0 Å². The third-order valence-electron chi connectivity index (χ3n) is 5.45. The monoisotopic (exact) mass is 444 g/mol. The number of phenolic OH excluding ortho intramolecular Hbond substituents is 2. The van der Waals surface area contributed by atoms with Crippen molar-refractivity contribution in [2.75, 3.05) is 26.4 Å². The van der Waals surface area contributed by atoms with Crippen molar-refractivity contribution in [3.63, 3.8) is 0 Å². The molecule has 0 aliphatic carbocycles. The lowest BCUT2D eigenvalue weighted by molar-refractivity contribution is 0.251. The molecule has 2 unspecified atom stereocenters. The Bertz CT molecular complexity index is 829. The van der Waals surface area contributed by atoms with E-state index in [-0.39, 0.29) is 23.7 Å². The van der Waals surface area contributed by atoms with E-state index in [0.717, 1.165) is 49.5 Å². The Morgan fingerprint density at radius 2 is 1.53 bits per heavy atom. The second-order valence-electron chi connectivity index (χ2n) is 8.28. The largest absolute Gasteiger partial charge is 0.508 e. The fraction of sp³-hybridized carbons (Fsp3) is 0.538. The molecule has 0 spiro atoms. The molecule has 0 amide bonds. The molecule has 32 heavy (non-hydrogen) atoms. The van der Waals surface area contributed by atoms with Crippen LogP contribution in [-0.2, 0) is 22.3 Å². The van der Waals surface area contributed by atoms with Gasteiger partial charge in [0.25, 0.3) is 0 Å². The number of benzene rings is 2. The molecule has 0 bridgehead atoms. The number of epoxide rings is 2. The molecule has 2 heterocycles. The third kappa shape index (κ3) is 8.60. The van der Waals surface area contributed by atoms with E-state index in [2.05, 4.69) is 19.9 Å². The van der Waals surface area contributed by atoms with Crippen molar-refractivity contribution >= 4 is 0 Å². The second-order valence-corrected chi connectivity index (χ2v) is 8.28.